The van der Waals surface area contributed by atoms with Gasteiger partial charge >= 0.3 is 0 Å². The van der Waals surface area contributed by atoms with Crippen LogP contribution >= 0.6 is 0 Å². The van der Waals surface area contributed by atoms with Crippen molar-refractivity contribution in [3.63, 3.8) is 0 Å². The van der Waals surface area contributed by atoms with E-state index in [0.717, 1.165) is 31.2 Å². The molecular weight excluding hydrogens is 372 g/mol. The Balaban J connectivity index is 1.59. The van der Waals surface area contributed by atoms with E-state index in [1.165, 1.54) is 0 Å². The summed E-state index contributed by atoms with van der Waals surface area (Å²) in [5.74, 6) is -0.411. The van der Waals surface area contributed by atoms with Gasteiger partial charge in [0.05, 0.1) is 35.4 Å². The quantitative estimate of drug-likeness (QED) is 0.459. The van der Waals surface area contributed by atoms with Crippen molar-refractivity contribution in [3.8, 4) is 11.5 Å². The zero-order valence-electron chi connectivity index (χ0n) is 16.9. The van der Waals surface area contributed by atoms with Gasteiger partial charge in [-0.1, -0.05) is 25.3 Å². The average Bonchev–Trinajstić information content (AvgIpc) is 2.81. The number of phenols is 2. The maximum Gasteiger partial charge on any atom is 0.160 e. The Morgan fingerprint density at radius 2 is 1.76 bits per heavy atom. The molecule has 8 atom stereocenters. The molecule has 29 heavy (non-hydrogen) atoms. The fraction of sp³-hybridized carbons (Fsp3) is 0.739. The Labute approximate surface area is 171 Å². The van der Waals surface area contributed by atoms with Crippen LogP contribution in [0.1, 0.15) is 62.5 Å². The van der Waals surface area contributed by atoms with Crippen molar-refractivity contribution in [1.82, 2.24) is 0 Å². The summed E-state index contributed by atoms with van der Waals surface area (Å²) in [6.07, 6.45) is 4.38. The lowest BCUT2D eigenvalue weighted by Crippen LogP contribution is -2.79. The topological polar surface area (TPSA) is 110 Å². The number of aromatic hydroxyl groups is 2. The molecule has 0 aromatic heterocycles. The maximum absolute atomic E-state index is 12.0. The molecule has 4 fully saturated rings. The number of ether oxygens (including phenoxy) is 1. The number of phenolic OH excluding ortho intramolecular Hbond substituents is 2. The largest absolute Gasteiger partial charge is 0.504 e. The second-order valence-electron chi connectivity index (χ2n) is 9.91. The molecule has 4 aliphatic rings. The predicted molar refractivity (Wildman–Crippen MR) is 106 cm³/mol. The number of hydrogen-bond donors (Lipinski definition) is 5. The number of hydrogen-bond acceptors (Lipinski definition) is 6. The first-order chi connectivity index (χ1) is 13.8. The van der Waals surface area contributed by atoms with E-state index >= 15 is 0 Å². The molecule has 160 valence electrons. The standard InChI is InChI=1S/C23H32O6/c1-12-7-13(8-18(26)20(12)27)22-5-3-2-4-6-23(22,28)16-11-15-17(25)9-14(24)10-19(15)29-21(16)22/h7-8,14-17,19,21,24-28H,2-6,9-11H2,1H3. The van der Waals surface area contributed by atoms with Gasteiger partial charge in [-0.2, -0.15) is 0 Å². The van der Waals surface area contributed by atoms with Gasteiger partial charge < -0.3 is 30.3 Å². The van der Waals surface area contributed by atoms with E-state index in [1.54, 1.807) is 13.0 Å². The molecule has 8 unspecified atom stereocenters. The highest BCUT2D eigenvalue weighted by Crippen LogP contribution is 2.67. The first-order valence-electron chi connectivity index (χ1n) is 11.0. The lowest BCUT2D eigenvalue weighted by atomic mass is 9.41. The molecule has 3 saturated carbocycles. The average molecular weight is 405 g/mol. The van der Waals surface area contributed by atoms with Crippen molar-refractivity contribution >= 4 is 0 Å². The van der Waals surface area contributed by atoms with Crippen LogP contribution in [0.2, 0.25) is 0 Å². The van der Waals surface area contributed by atoms with E-state index < -0.39 is 23.2 Å². The Morgan fingerprint density at radius 1 is 1.00 bits per heavy atom. The maximum atomic E-state index is 12.0. The Kier molecular flexibility index (Phi) is 4.45. The molecule has 5 N–H and O–H groups in total. The molecule has 0 spiro atoms. The molecule has 5 rings (SSSR count). The molecule has 1 aromatic carbocycles. The molecule has 3 aliphatic carbocycles. The van der Waals surface area contributed by atoms with Crippen LogP contribution in [0.25, 0.3) is 0 Å². The van der Waals surface area contributed by atoms with E-state index in [0.29, 0.717) is 31.2 Å². The zero-order chi connectivity index (χ0) is 20.6. The summed E-state index contributed by atoms with van der Waals surface area (Å²) in [4.78, 5) is 0. The number of fused-ring (bicyclic) bond motifs is 5. The smallest absolute Gasteiger partial charge is 0.160 e. The third-order valence-corrected chi connectivity index (χ3v) is 8.50. The summed E-state index contributed by atoms with van der Waals surface area (Å²) in [5.41, 5.74) is -0.180. The van der Waals surface area contributed by atoms with Crippen LogP contribution in [0.5, 0.6) is 11.5 Å². The number of benzene rings is 1. The predicted octanol–water partition coefficient (Wildman–Crippen LogP) is 2.26. The summed E-state index contributed by atoms with van der Waals surface area (Å²) >= 11 is 0. The lowest BCUT2D eigenvalue weighted by molar-refractivity contribution is -0.324. The minimum absolute atomic E-state index is 0.0557. The van der Waals surface area contributed by atoms with Crippen molar-refractivity contribution in [3.05, 3.63) is 23.3 Å². The van der Waals surface area contributed by atoms with E-state index in [-0.39, 0.29) is 35.5 Å². The highest BCUT2D eigenvalue weighted by atomic mass is 16.5. The second kappa shape index (κ2) is 6.58. The first kappa shape index (κ1) is 19.6. The van der Waals surface area contributed by atoms with Gasteiger partial charge in [-0.15, -0.1) is 0 Å². The van der Waals surface area contributed by atoms with Gasteiger partial charge in [0.15, 0.2) is 11.5 Å². The number of aliphatic hydroxyl groups excluding tert-OH is 2. The lowest BCUT2D eigenvalue weighted by Gasteiger charge is -2.70. The summed E-state index contributed by atoms with van der Waals surface area (Å²) in [6, 6.07) is 3.47. The third-order valence-electron chi connectivity index (χ3n) is 8.50. The van der Waals surface area contributed by atoms with Gasteiger partial charge in [-0.05, 0) is 56.2 Å². The van der Waals surface area contributed by atoms with Crippen LogP contribution in [-0.2, 0) is 10.2 Å². The summed E-state index contributed by atoms with van der Waals surface area (Å²) in [6.45, 7) is 1.76. The van der Waals surface area contributed by atoms with Gasteiger partial charge in [-0.3, -0.25) is 0 Å². The molecule has 6 nitrogen and oxygen atoms in total. The first-order valence-corrected chi connectivity index (χ1v) is 11.0. The van der Waals surface area contributed by atoms with E-state index in [2.05, 4.69) is 0 Å². The fourth-order valence-electron chi connectivity index (χ4n) is 7.11. The minimum Gasteiger partial charge on any atom is -0.504 e. The monoisotopic (exact) mass is 404 g/mol. The van der Waals surface area contributed by atoms with Crippen molar-refractivity contribution in [1.29, 1.82) is 0 Å². The summed E-state index contributed by atoms with van der Waals surface area (Å²) < 4.78 is 6.56. The Morgan fingerprint density at radius 3 is 2.52 bits per heavy atom. The number of aryl methyl sites for hydroxylation is 1. The van der Waals surface area contributed by atoms with Gasteiger partial charge in [0.25, 0.3) is 0 Å². The van der Waals surface area contributed by atoms with Crippen molar-refractivity contribution < 1.29 is 30.3 Å². The molecule has 0 bridgehead atoms. The van der Waals surface area contributed by atoms with Crippen LogP contribution in [0.15, 0.2) is 12.1 Å². The third kappa shape index (κ3) is 2.55. The van der Waals surface area contributed by atoms with Gasteiger partial charge in [-0.25, -0.2) is 0 Å². The van der Waals surface area contributed by atoms with Crippen molar-refractivity contribution in [2.24, 2.45) is 11.8 Å². The van der Waals surface area contributed by atoms with E-state index in [9.17, 15) is 25.5 Å². The molecule has 1 aliphatic heterocycles. The molecule has 1 heterocycles. The second-order valence-corrected chi connectivity index (χ2v) is 9.91. The van der Waals surface area contributed by atoms with Gasteiger partial charge in [0, 0.05) is 11.8 Å². The Bertz CT molecular complexity index is 788. The van der Waals surface area contributed by atoms with Crippen LogP contribution in [0.3, 0.4) is 0 Å². The van der Waals surface area contributed by atoms with Gasteiger partial charge in [0.1, 0.15) is 0 Å². The minimum atomic E-state index is -0.954. The normalized spacial score (nSPS) is 46.6. The molecule has 1 aromatic rings. The van der Waals surface area contributed by atoms with E-state index in [4.69, 9.17) is 4.74 Å². The SMILES string of the molecule is Cc1cc(C23CCCCCC2(O)C2CC4C(O)CC(O)CC4OC23)cc(O)c1O. The fourth-order valence-corrected chi connectivity index (χ4v) is 7.11. The number of aliphatic hydroxyl groups is 3. The summed E-state index contributed by atoms with van der Waals surface area (Å²) in [7, 11) is 0. The van der Waals surface area contributed by atoms with Crippen molar-refractivity contribution in [2.75, 3.05) is 0 Å². The molecule has 0 amide bonds. The van der Waals surface area contributed by atoms with Crippen molar-refractivity contribution in [2.45, 2.75) is 93.7 Å². The zero-order valence-corrected chi connectivity index (χ0v) is 16.9. The van der Waals surface area contributed by atoms with Crippen LogP contribution in [0, 0.1) is 18.8 Å². The van der Waals surface area contributed by atoms with Gasteiger partial charge in [0.2, 0.25) is 0 Å². The molecule has 6 heteroatoms. The Hall–Kier alpha value is -1.34. The van der Waals surface area contributed by atoms with Crippen LogP contribution in [0.4, 0.5) is 0 Å². The van der Waals surface area contributed by atoms with Crippen LogP contribution < -0.4 is 0 Å². The summed E-state index contributed by atoms with van der Waals surface area (Å²) in [5, 5.41) is 53.1. The van der Waals surface area contributed by atoms with Crippen LogP contribution in [-0.4, -0.2) is 55.5 Å². The highest BCUT2D eigenvalue weighted by molar-refractivity contribution is 5.52. The number of rotatable bonds is 1. The molecule has 1 saturated heterocycles. The molecular formula is C23H32O6. The highest BCUT2D eigenvalue weighted by Gasteiger charge is 2.74. The van der Waals surface area contributed by atoms with E-state index in [1.807, 2.05) is 6.07 Å². The molecule has 0 radical (unpaired) electrons.